The molecule has 0 radical (unpaired) electrons. The van der Waals surface area contributed by atoms with Crippen molar-refractivity contribution in [2.24, 2.45) is 0 Å². The Balaban J connectivity index is 2.92. The van der Waals surface area contributed by atoms with E-state index in [0.717, 1.165) is 17.4 Å². The van der Waals surface area contributed by atoms with Gasteiger partial charge in [0.25, 0.3) is 0 Å². The van der Waals surface area contributed by atoms with Crippen LogP contribution in [0, 0.1) is 13.8 Å². The molecule has 0 unspecified atom stereocenters. The van der Waals surface area contributed by atoms with Gasteiger partial charge in [0.05, 0.1) is 0 Å². The first kappa shape index (κ1) is 10.6. The molecule has 1 nitrogen and oxygen atoms in total. The zero-order valence-corrected chi connectivity index (χ0v) is 10.0. The minimum atomic E-state index is 1.04. The van der Waals surface area contributed by atoms with Crippen LogP contribution in [0.25, 0.3) is 0 Å². The second-order valence-electron chi connectivity index (χ2n) is 3.34. The van der Waals surface area contributed by atoms with E-state index < -0.39 is 0 Å². The highest BCUT2D eigenvalue weighted by molar-refractivity contribution is 9.10. The van der Waals surface area contributed by atoms with Crippen LogP contribution in [-0.2, 0) is 0 Å². The van der Waals surface area contributed by atoms with Crippen LogP contribution in [0.1, 0.15) is 24.5 Å². The van der Waals surface area contributed by atoms with Gasteiger partial charge < -0.3 is 5.32 Å². The molecule has 0 saturated heterocycles. The molecule has 2 heteroatoms. The molecule has 1 aromatic rings. The summed E-state index contributed by atoms with van der Waals surface area (Å²) in [6.07, 6.45) is 1.16. The second kappa shape index (κ2) is 4.66. The molecule has 1 rings (SSSR count). The van der Waals surface area contributed by atoms with Gasteiger partial charge in [-0.15, -0.1) is 0 Å². The summed E-state index contributed by atoms with van der Waals surface area (Å²) in [7, 11) is 0. The van der Waals surface area contributed by atoms with Crippen molar-refractivity contribution < 1.29 is 0 Å². The second-order valence-corrected chi connectivity index (χ2v) is 4.26. The van der Waals surface area contributed by atoms with Crippen molar-refractivity contribution in [2.45, 2.75) is 27.2 Å². The maximum atomic E-state index is 3.49. The summed E-state index contributed by atoms with van der Waals surface area (Å²) in [5, 5.41) is 3.44. The lowest BCUT2D eigenvalue weighted by atomic mass is 10.1. The molecular weight excluding hydrogens is 226 g/mol. The van der Waals surface area contributed by atoms with E-state index in [2.05, 4.69) is 54.2 Å². The minimum Gasteiger partial charge on any atom is -0.385 e. The van der Waals surface area contributed by atoms with Crippen LogP contribution in [0.15, 0.2) is 16.6 Å². The van der Waals surface area contributed by atoms with Gasteiger partial charge >= 0.3 is 0 Å². The van der Waals surface area contributed by atoms with Crippen LogP contribution in [-0.4, -0.2) is 6.54 Å². The number of benzene rings is 1. The van der Waals surface area contributed by atoms with Crippen LogP contribution in [0.2, 0.25) is 0 Å². The van der Waals surface area contributed by atoms with Crippen molar-refractivity contribution in [3.8, 4) is 0 Å². The summed E-state index contributed by atoms with van der Waals surface area (Å²) in [6, 6.07) is 4.29. The summed E-state index contributed by atoms with van der Waals surface area (Å²) in [4.78, 5) is 0. The zero-order chi connectivity index (χ0) is 9.84. The fourth-order valence-corrected chi connectivity index (χ4v) is 2.13. The van der Waals surface area contributed by atoms with Crippen LogP contribution < -0.4 is 5.32 Å². The number of rotatable bonds is 3. The molecule has 0 heterocycles. The van der Waals surface area contributed by atoms with E-state index in [1.165, 1.54) is 16.8 Å². The van der Waals surface area contributed by atoms with Crippen molar-refractivity contribution in [1.82, 2.24) is 0 Å². The minimum absolute atomic E-state index is 1.04. The highest BCUT2D eigenvalue weighted by Crippen LogP contribution is 2.24. The molecule has 0 spiro atoms. The van der Waals surface area contributed by atoms with Crippen molar-refractivity contribution in [2.75, 3.05) is 11.9 Å². The molecule has 0 aliphatic heterocycles. The quantitative estimate of drug-likeness (QED) is 0.847. The molecule has 0 amide bonds. The van der Waals surface area contributed by atoms with E-state index in [0.29, 0.717) is 0 Å². The van der Waals surface area contributed by atoms with Gasteiger partial charge in [0, 0.05) is 16.7 Å². The van der Waals surface area contributed by atoms with Gasteiger partial charge in [0.2, 0.25) is 0 Å². The molecule has 0 aromatic heterocycles. The van der Waals surface area contributed by atoms with Gasteiger partial charge in [-0.05, 0) is 43.5 Å². The smallest absolute Gasteiger partial charge is 0.0400 e. The maximum Gasteiger partial charge on any atom is 0.0400 e. The van der Waals surface area contributed by atoms with Crippen LogP contribution in [0.4, 0.5) is 5.69 Å². The number of hydrogen-bond donors (Lipinski definition) is 1. The Morgan fingerprint density at radius 2 is 1.77 bits per heavy atom. The van der Waals surface area contributed by atoms with E-state index in [4.69, 9.17) is 0 Å². The third-order valence-corrected chi connectivity index (χ3v) is 2.51. The molecule has 0 aliphatic rings. The molecule has 0 saturated carbocycles. The summed E-state index contributed by atoms with van der Waals surface area (Å²) >= 11 is 3.49. The Labute approximate surface area is 88.7 Å². The maximum absolute atomic E-state index is 3.49. The Morgan fingerprint density at radius 3 is 2.23 bits per heavy atom. The van der Waals surface area contributed by atoms with Crippen molar-refractivity contribution in [1.29, 1.82) is 0 Å². The van der Waals surface area contributed by atoms with Crippen LogP contribution in [0.5, 0.6) is 0 Å². The van der Waals surface area contributed by atoms with E-state index >= 15 is 0 Å². The predicted octanol–water partition coefficient (Wildman–Crippen LogP) is 3.89. The molecule has 1 aromatic carbocycles. The van der Waals surface area contributed by atoms with E-state index in [1.807, 2.05) is 0 Å². The first-order chi connectivity index (χ1) is 6.15. The average Bonchev–Trinajstić information content (AvgIpc) is 2.02. The topological polar surface area (TPSA) is 12.0 Å². The van der Waals surface area contributed by atoms with Crippen LogP contribution >= 0.6 is 15.9 Å². The lowest BCUT2D eigenvalue weighted by molar-refractivity contribution is 0.974. The highest BCUT2D eigenvalue weighted by Gasteiger charge is 2.02. The van der Waals surface area contributed by atoms with Gasteiger partial charge in [-0.2, -0.15) is 0 Å². The lowest BCUT2D eigenvalue weighted by Crippen LogP contribution is -2.03. The standard InChI is InChI=1S/C11H16BrN/c1-4-5-13-11-8(2)6-10(12)7-9(11)3/h6-7,13H,4-5H2,1-3H3. The van der Waals surface area contributed by atoms with E-state index in [-0.39, 0.29) is 0 Å². The molecule has 0 aliphatic carbocycles. The van der Waals surface area contributed by atoms with Crippen molar-refractivity contribution >= 4 is 21.6 Å². The molecule has 0 atom stereocenters. The number of nitrogens with one attached hydrogen (secondary N) is 1. The summed E-state index contributed by atoms with van der Waals surface area (Å²) in [5.41, 5.74) is 3.89. The average molecular weight is 242 g/mol. The molecule has 13 heavy (non-hydrogen) atoms. The van der Waals surface area contributed by atoms with Crippen LogP contribution in [0.3, 0.4) is 0 Å². The zero-order valence-electron chi connectivity index (χ0n) is 8.45. The first-order valence-electron chi connectivity index (χ1n) is 4.65. The number of halogens is 1. The van der Waals surface area contributed by atoms with Gasteiger partial charge in [-0.25, -0.2) is 0 Å². The van der Waals surface area contributed by atoms with E-state index in [9.17, 15) is 0 Å². The van der Waals surface area contributed by atoms with Crippen molar-refractivity contribution in [3.63, 3.8) is 0 Å². The summed E-state index contributed by atoms with van der Waals surface area (Å²) in [5.74, 6) is 0. The number of hydrogen-bond acceptors (Lipinski definition) is 1. The van der Waals surface area contributed by atoms with Crippen molar-refractivity contribution in [3.05, 3.63) is 27.7 Å². The van der Waals surface area contributed by atoms with E-state index in [1.54, 1.807) is 0 Å². The van der Waals surface area contributed by atoms with Gasteiger partial charge in [0.1, 0.15) is 0 Å². The molecule has 1 N–H and O–H groups in total. The Morgan fingerprint density at radius 1 is 1.23 bits per heavy atom. The molecule has 0 fully saturated rings. The Kier molecular flexibility index (Phi) is 3.79. The highest BCUT2D eigenvalue weighted by atomic mass is 79.9. The predicted molar refractivity (Wildman–Crippen MR) is 62.4 cm³/mol. The number of aryl methyl sites for hydroxylation is 2. The van der Waals surface area contributed by atoms with Gasteiger partial charge in [-0.3, -0.25) is 0 Å². The van der Waals surface area contributed by atoms with Gasteiger partial charge in [-0.1, -0.05) is 22.9 Å². The lowest BCUT2D eigenvalue weighted by Gasteiger charge is -2.12. The Hall–Kier alpha value is -0.500. The third-order valence-electron chi connectivity index (χ3n) is 2.05. The Bertz CT molecular complexity index is 271. The monoisotopic (exact) mass is 241 g/mol. The third kappa shape index (κ3) is 2.73. The summed E-state index contributed by atoms with van der Waals surface area (Å²) < 4.78 is 1.16. The number of anilines is 1. The normalized spacial score (nSPS) is 10.2. The molecule has 0 bridgehead atoms. The fourth-order valence-electron chi connectivity index (χ4n) is 1.44. The fraction of sp³-hybridized carbons (Fsp3) is 0.455. The first-order valence-corrected chi connectivity index (χ1v) is 5.45. The molecule has 72 valence electrons. The molecular formula is C11H16BrN. The summed E-state index contributed by atoms with van der Waals surface area (Å²) in [6.45, 7) is 7.49. The SMILES string of the molecule is CCCNc1c(C)cc(Br)cc1C. The van der Waals surface area contributed by atoms with Gasteiger partial charge in [0.15, 0.2) is 0 Å². The largest absolute Gasteiger partial charge is 0.385 e.